The number of carbonyl (C=O) groups excluding carboxylic acids is 1. The number of piperazine rings is 1. The summed E-state index contributed by atoms with van der Waals surface area (Å²) in [6.45, 7) is 6.63. The molecule has 1 aromatic carbocycles. The van der Waals surface area contributed by atoms with Gasteiger partial charge in [-0.05, 0) is 31.7 Å². The van der Waals surface area contributed by atoms with E-state index >= 15 is 0 Å². The molecule has 1 aliphatic heterocycles. The molecule has 126 valence electrons. The summed E-state index contributed by atoms with van der Waals surface area (Å²) in [4.78, 5) is 16.8. The number of amides is 2. The van der Waals surface area contributed by atoms with Gasteiger partial charge >= 0.3 is 6.03 Å². The molecule has 4 nitrogen and oxygen atoms in total. The van der Waals surface area contributed by atoms with Crippen LogP contribution in [0.4, 0.5) is 4.79 Å². The number of rotatable bonds is 4. The Balaban J connectivity index is 1.37. The Morgan fingerprint density at radius 1 is 1.17 bits per heavy atom. The normalized spacial score (nSPS) is 20.0. The molecular formula is C19H29N3O. The van der Waals surface area contributed by atoms with E-state index in [2.05, 4.69) is 41.4 Å². The second-order valence-electron chi connectivity index (χ2n) is 6.93. The lowest BCUT2D eigenvalue weighted by atomic mass is 10.1. The molecule has 0 bridgehead atoms. The Labute approximate surface area is 139 Å². The molecule has 0 atom stereocenters. The first-order chi connectivity index (χ1) is 11.2. The van der Waals surface area contributed by atoms with Crippen molar-refractivity contribution >= 4 is 6.03 Å². The van der Waals surface area contributed by atoms with Gasteiger partial charge < -0.3 is 10.2 Å². The van der Waals surface area contributed by atoms with Crippen LogP contribution in [0.1, 0.15) is 36.8 Å². The quantitative estimate of drug-likeness (QED) is 0.927. The van der Waals surface area contributed by atoms with Gasteiger partial charge in [0.25, 0.3) is 0 Å². The molecule has 1 heterocycles. The predicted molar refractivity (Wildman–Crippen MR) is 93.7 cm³/mol. The lowest BCUT2D eigenvalue weighted by Gasteiger charge is -2.38. The largest absolute Gasteiger partial charge is 0.338 e. The van der Waals surface area contributed by atoms with E-state index < -0.39 is 0 Å². The van der Waals surface area contributed by atoms with Gasteiger partial charge in [0.2, 0.25) is 0 Å². The minimum Gasteiger partial charge on any atom is -0.338 e. The third-order valence-electron chi connectivity index (χ3n) is 5.21. The predicted octanol–water partition coefficient (Wildman–Crippen LogP) is 2.81. The van der Waals surface area contributed by atoms with E-state index in [0.717, 1.165) is 38.6 Å². The highest BCUT2D eigenvalue weighted by atomic mass is 16.2. The van der Waals surface area contributed by atoms with Gasteiger partial charge in [-0.15, -0.1) is 0 Å². The molecule has 1 saturated heterocycles. The number of hydrogen-bond acceptors (Lipinski definition) is 2. The van der Waals surface area contributed by atoms with Crippen LogP contribution in [0, 0.1) is 6.92 Å². The molecular weight excluding hydrogens is 286 g/mol. The number of nitrogens with one attached hydrogen (secondary N) is 1. The first-order valence-electron chi connectivity index (χ1n) is 9.05. The van der Waals surface area contributed by atoms with Crippen LogP contribution in [0.5, 0.6) is 0 Å². The summed E-state index contributed by atoms with van der Waals surface area (Å²) in [6.07, 6.45) is 6.36. The molecule has 0 spiro atoms. The molecule has 3 rings (SSSR count). The lowest BCUT2D eigenvalue weighted by molar-refractivity contribution is 0.110. The summed E-state index contributed by atoms with van der Waals surface area (Å²) >= 11 is 0. The molecule has 0 unspecified atom stereocenters. The molecule has 1 aromatic rings. The summed E-state index contributed by atoms with van der Waals surface area (Å²) in [5, 5.41) is 3.07. The van der Waals surface area contributed by atoms with Crippen molar-refractivity contribution < 1.29 is 4.79 Å². The van der Waals surface area contributed by atoms with Gasteiger partial charge in [0.1, 0.15) is 0 Å². The first-order valence-corrected chi connectivity index (χ1v) is 9.05. The fourth-order valence-electron chi connectivity index (χ4n) is 3.85. The molecule has 1 N–H and O–H groups in total. The van der Waals surface area contributed by atoms with E-state index in [1.165, 1.54) is 36.8 Å². The standard InChI is InChI=1S/C19H29N3O/c1-16-5-4-6-17(15-16)9-10-20-19(23)22-13-11-21(12-14-22)18-7-2-3-8-18/h4-6,15,18H,2-3,7-14H2,1H3,(H,20,23). The monoisotopic (exact) mass is 315 g/mol. The third-order valence-corrected chi connectivity index (χ3v) is 5.21. The minimum absolute atomic E-state index is 0.101. The minimum atomic E-state index is 0.101. The van der Waals surface area contributed by atoms with E-state index in [4.69, 9.17) is 0 Å². The summed E-state index contributed by atoms with van der Waals surface area (Å²) in [6, 6.07) is 9.37. The summed E-state index contributed by atoms with van der Waals surface area (Å²) in [5.74, 6) is 0. The molecule has 0 aromatic heterocycles. The topological polar surface area (TPSA) is 35.6 Å². The van der Waals surface area contributed by atoms with E-state index in [0.29, 0.717) is 6.54 Å². The number of aryl methyl sites for hydroxylation is 1. The molecule has 23 heavy (non-hydrogen) atoms. The van der Waals surface area contributed by atoms with Gasteiger partial charge in [-0.2, -0.15) is 0 Å². The SMILES string of the molecule is Cc1cccc(CCNC(=O)N2CCN(C3CCCC3)CC2)c1. The first kappa shape index (κ1) is 16.3. The fraction of sp³-hybridized carbons (Fsp3) is 0.632. The number of nitrogens with zero attached hydrogens (tertiary/aromatic N) is 2. The van der Waals surface area contributed by atoms with Crippen molar-refractivity contribution in [3.05, 3.63) is 35.4 Å². The maximum atomic E-state index is 12.3. The van der Waals surface area contributed by atoms with Gasteiger partial charge in [0.15, 0.2) is 0 Å². The molecule has 2 amide bonds. The van der Waals surface area contributed by atoms with Crippen molar-refractivity contribution in [2.45, 2.75) is 45.1 Å². The van der Waals surface area contributed by atoms with Crippen LogP contribution in [0.25, 0.3) is 0 Å². The van der Waals surface area contributed by atoms with Crippen molar-refractivity contribution in [2.75, 3.05) is 32.7 Å². The highest BCUT2D eigenvalue weighted by molar-refractivity contribution is 5.74. The second-order valence-corrected chi connectivity index (χ2v) is 6.93. The highest BCUT2D eigenvalue weighted by Crippen LogP contribution is 2.24. The number of benzene rings is 1. The van der Waals surface area contributed by atoms with Gasteiger partial charge in [-0.3, -0.25) is 4.90 Å². The molecule has 1 aliphatic carbocycles. The Bertz CT molecular complexity index is 517. The molecule has 2 aliphatic rings. The molecule has 1 saturated carbocycles. The van der Waals surface area contributed by atoms with Crippen molar-refractivity contribution in [3.8, 4) is 0 Å². The van der Waals surface area contributed by atoms with Crippen LogP contribution in [0.2, 0.25) is 0 Å². The third kappa shape index (κ3) is 4.47. The zero-order chi connectivity index (χ0) is 16.1. The number of hydrogen-bond donors (Lipinski definition) is 1. The van der Waals surface area contributed by atoms with Crippen molar-refractivity contribution in [1.82, 2.24) is 15.1 Å². The van der Waals surface area contributed by atoms with Crippen LogP contribution in [-0.4, -0.2) is 54.6 Å². The van der Waals surface area contributed by atoms with Gasteiger partial charge in [-0.25, -0.2) is 4.79 Å². The Morgan fingerprint density at radius 3 is 2.61 bits per heavy atom. The van der Waals surface area contributed by atoms with Crippen LogP contribution < -0.4 is 5.32 Å². The van der Waals surface area contributed by atoms with E-state index in [-0.39, 0.29) is 6.03 Å². The number of carbonyl (C=O) groups is 1. The molecule has 4 heteroatoms. The number of urea groups is 1. The van der Waals surface area contributed by atoms with E-state index in [9.17, 15) is 4.79 Å². The zero-order valence-corrected chi connectivity index (χ0v) is 14.3. The fourth-order valence-corrected chi connectivity index (χ4v) is 3.85. The summed E-state index contributed by atoms with van der Waals surface area (Å²) < 4.78 is 0. The maximum absolute atomic E-state index is 12.3. The van der Waals surface area contributed by atoms with Gasteiger partial charge in [0, 0.05) is 38.8 Å². The zero-order valence-electron chi connectivity index (χ0n) is 14.3. The van der Waals surface area contributed by atoms with Crippen molar-refractivity contribution in [2.24, 2.45) is 0 Å². The van der Waals surface area contributed by atoms with Gasteiger partial charge in [-0.1, -0.05) is 42.7 Å². The highest BCUT2D eigenvalue weighted by Gasteiger charge is 2.27. The van der Waals surface area contributed by atoms with Crippen LogP contribution in [0.3, 0.4) is 0 Å². The van der Waals surface area contributed by atoms with E-state index in [1.807, 2.05) is 4.90 Å². The Hall–Kier alpha value is -1.55. The second kappa shape index (κ2) is 7.82. The van der Waals surface area contributed by atoms with Crippen molar-refractivity contribution in [1.29, 1.82) is 0 Å². The van der Waals surface area contributed by atoms with Crippen LogP contribution >= 0.6 is 0 Å². The smallest absolute Gasteiger partial charge is 0.317 e. The summed E-state index contributed by atoms with van der Waals surface area (Å²) in [5.41, 5.74) is 2.56. The lowest BCUT2D eigenvalue weighted by Crippen LogP contribution is -2.53. The Kier molecular flexibility index (Phi) is 5.55. The van der Waals surface area contributed by atoms with Gasteiger partial charge in [0.05, 0.1) is 0 Å². The average Bonchev–Trinajstić information content (AvgIpc) is 3.09. The maximum Gasteiger partial charge on any atom is 0.317 e. The average molecular weight is 315 g/mol. The van der Waals surface area contributed by atoms with E-state index in [1.54, 1.807) is 0 Å². The molecule has 0 radical (unpaired) electrons. The van der Waals surface area contributed by atoms with Crippen LogP contribution in [-0.2, 0) is 6.42 Å². The van der Waals surface area contributed by atoms with Crippen LogP contribution in [0.15, 0.2) is 24.3 Å². The van der Waals surface area contributed by atoms with Crippen molar-refractivity contribution in [3.63, 3.8) is 0 Å². The Morgan fingerprint density at radius 2 is 1.91 bits per heavy atom. The summed E-state index contributed by atoms with van der Waals surface area (Å²) in [7, 11) is 0. The molecule has 2 fully saturated rings.